The molecule has 0 bridgehead atoms. The molecule has 9 heteroatoms. The summed E-state index contributed by atoms with van der Waals surface area (Å²) in [6.45, 7) is 5.34. The van der Waals surface area contributed by atoms with Crippen molar-refractivity contribution in [2.75, 3.05) is 39.3 Å². The molecule has 3 unspecified atom stereocenters. The maximum Gasteiger partial charge on any atom is 0.317 e. The SMILES string of the molecule is CCNC(=O)N1CCN(C(O)C2(Sc3ccccc3)CC(=O)N(CC3CC3)C2c2ccc(Cl)cc2)CC1. The third kappa shape index (κ3) is 5.62. The Morgan fingerprint density at radius 3 is 2.41 bits per heavy atom. The van der Waals surface area contributed by atoms with Gasteiger partial charge < -0.3 is 20.2 Å². The van der Waals surface area contributed by atoms with Crippen molar-refractivity contribution in [1.82, 2.24) is 20.0 Å². The van der Waals surface area contributed by atoms with Gasteiger partial charge in [0.05, 0.1) is 10.8 Å². The molecule has 2 aliphatic heterocycles. The number of rotatable bonds is 8. The Morgan fingerprint density at radius 1 is 1.11 bits per heavy atom. The van der Waals surface area contributed by atoms with E-state index < -0.39 is 11.0 Å². The number of urea groups is 1. The first-order valence-corrected chi connectivity index (χ1v) is 14.3. The second-order valence-electron chi connectivity index (χ2n) is 10.2. The lowest BCUT2D eigenvalue weighted by atomic mass is 9.89. The maximum atomic E-state index is 13.7. The Bertz CT molecular complexity index is 1090. The lowest BCUT2D eigenvalue weighted by molar-refractivity contribution is -0.129. The number of likely N-dealkylation sites (tertiary alicyclic amines) is 1. The molecule has 37 heavy (non-hydrogen) atoms. The average molecular weight is 543 g/mol. The topological polar surface area (TPSA) is 76.1 Å². The van der Waals surface area contributed by atoms with Gasteiger partial charge in [-0.2, -0.15) is 0 Å². The minimum Gasteiger partial charge on any atom is -0.377 e. The molecule has 3 amide bonds. The van der Waals surface area contributed by atoms with E-state index in [1.807, 2.05) is 71.3 Å². The van der Waals surface area contributed by atoms with Gasteiger partial charge in [0, 0.05) is 55.6 Å². The molecule has 2 aromatic rings. The summed E-state index contributed by atoms with van der Waals surface area (Å²) in [6.07, 6.45) is 1.63. The van der Waals surface area contributed by atoms with Gasteiger partial charge in [-0.15, -0.1) is 11.8 Å². The summed E-state index contributed by atoms with van der Waals surface area (Å²) in [6, 6.07) is 17.4. The van der Waals surface area contributed by atoms with Gasteiger partial charge in [-0.25, -0.2) is 4.79 Å². The molecular formula is C28H35ClN4O3S. The smallest absolute Gasteiger partial charge is 0.317 e. The van der Waals surface area contributed by atoms with Crippen LogP contribution in [0.5, 0.6) is 0 Å². The number of piperazine rings is 1. The van der Waals surface area contributed by atoms with E-state index in [0.717, 1.165) is 23.3 Å². The van der Waals surface area contributed by atoms with E-state index in [-0.39, 0.29) is 24.4 Å². The van der Waals surface area contributed by atoms with Gasteiger partial charge in [0.25, 0.3) is 0 Å². The Morgan fingerprint density at radius 2 is 1.78 bits per heavy atom. The summed E-state index contributed by atoms with van der Waals surface area (Å²) in [4.78, 5) is 32.9. The number of nitrogens with one attached hydrogen (secondary N) is 1. The van der Waals surface area contributed by atoms with Crippen molar-refractivity contribution in [1.29, 1.82) is 0 Å². The number of aliphatic hydroxyl groups excluding tert-OH is 1. The Balaban J connectivity index is 1.50. The summed E-state index contributed by atoms with van der Waals surface area (Å²) in [5.41, 5.74) is 0.986. The molecule has 2 heterocycles. The summed E-state index contributed by atoms with van der Waals surface area (Å²) in [5.74, 6) is 0.601. The molecule has 198 valence electrons. The fraction of sp³-hybridized carbons (Fsp3) is 0.500. The summed E-state index contributed by atoms with van der Waals surface area (Å²) in [5, 5.41) is 15.7. The van der Waals surface area contributed by atoms with Gasteiger partial charge in [-0.1, -0.05) is 41.9 Å². The fourth-order valence-corrected chi connectivity index (χ4v) is 7.25. The molecule has 2 saturated heterocycles. The van der Waals surface area contributed by atoms with Crippen LogP contribution in [0.2, 0.25) is 5.02 Å². The van der Waals surface area contributed by atoms with Crippen LogP contribution in [0.1, 0.15) is 37.8 Å². The largest absolute Gasteiger partial charge is 0.377 e. The van der Waals surface area contributed by atoms with Gasteiger partial charge in [-0.05, 0) is 55.5 Å². The van der Waals surface area contributed by atoms with Crippen LogP contribution in [-0.4, -0.2) is 82.0 Å². The van der Waals surface area contributed by atoms with Crippen LogP contribution in [-0.2, 0) is 4.79 Å². The van der Waals surface area contributed by atoms with Crippen LogP contribution < -0.4 is 5.32 Å². The Hall–Kier alpha value is -2.26. The molecule has 1 saturated carbocycles. The first-order chi connectivity index (χ1) is 17.9. The predicted molar refractivity (Wildman–Crippen MR) is 147 cm³/mol. The van der Waals surface area contributed by atoms with Crippen molar-refractivity contribution >= 4 is 35.3 Å². The molecule has 2 N–H and O–H groups in total. The van der Waals surface area contributed by atoms with E-state index in [9.17, 15) is 14.7 Å². The highest BCUT2D eigenvalue weighted by Crippen LogP contribution is 2.56. The lowest BCUT2D eigenvalue weighted by Gasteiger charge is -2.47. The van der Waals surface area contributed by atoms with E-state index in [4.69, 9.17) is 11.6 Å². The molecule has 3 atom stereocenters. The van der Waals surface area contributed by atoms with Crippen molar-refractivity contribution in [2.45, 2.75) is 48.1 Å². The number of hydrogen-bond donors (Lipinski definition) is 2. The zero-order valence-electron chi connectivity index (χ0n) is 21.2. The molecule has 1 aliphatic carbocycles. The lowest BCUT2D eigenvalue weighted by Crippen LogP contribution is -2.60. The number of carbonyl (C=O) groups is 2. The van der Waals surface area contributed by atoms with Crippen molar-refractivity contribution in [3.8, 4) is 0 Å². The highest BCUT2D eigenvalue weighted by molar-refractivity contribution is 8.00. The third-order valence-electron chi connectivity index (χ3n) is 7.62. The van der Waals surface area contributed by atoms with E-state index in [1.54, 1.807) is 16.7 Å². The van der Waals surface area contributed by atoms with Gasteiger partial charge in [-0.3, -0.25) is 9.69 Å². The minimum absolute atomic E-state index is 0.0734. The highest BCUT2D eigenvalue weighted by Gasteiger charge is 2.59. The van der Waals surface area contributed by atoms with Crippen LogP contribution in [0, 0.1) is 5.92 Å². The third-order valence-corrected chi connectivity index (χ3v) is 9.34. The molecule has 3 aliphatic rings. The quantitative estimate of drug-likeness (QED) is 0.522. The normalized spacial score (nSPS) is 25.4. The van der Waals surface area contributed by atoms with E-state index in [1.165, 1.54) is 0 Å². The molecular weight excluding hydrogens is 508 g/mol. The van der Waals surface area contributed by atoms with Crippen molar-refractivity contribution in [3.63, 3.8) is 0 Å². The molecule has 0 radical (unpaired) electrons. The van der Waals surface area contributed by atoms with E-state index >= 15 is 0 Å². The standard InChI is InChI=1S/C28H35ClN4O3S/c1-2-30-27(36)32-16-14-31(15-17-32)26(35)28(37-23-6-4-3-5-7-23)18-24(34)33(19-20-8-9-20)25(28)21-10-12-22(29)13-11-21/h3-7,10-13,20,25-26,35H,2,8-9,14-19H2,1H3,(H,30,36). The molecule has 7 nitrogen and oxygen atoms in total. The zero-order chi connectivity index (χ0) is 26.0. The maximum absolute atomic E-state index is 13.7. The summed E-state index contributed by atoms with van der Waals surface area (Å²) < 4.78 is -0.824. The summed E-state index contributed by atoms with van der Waals surface area (Å²) >= 11 is 7.84. The highest BCUT2D eigenvalue weighted by atomic mass is 35.5. The van der Waals surface area contributed by atoms with Gasteiger partial charge in [0.15, 0.2) is 0 Å². The molecule has 2 aromatic carbocycles. The van der Waals surface area contributed by atoms with Gasteiger partial charge in [0.2, 0.25) is 5.91 Å². The van der Waals surface area contributed by atoms with Gasteiger partial charge >= 0.3 is 6.03 Å². The number of carbonyl (C=O) groups excluding carboxylic acids is 2. The van der Waals surface area contributed by atoms with Crippen molar-refractivity contribution < 1.29 is 14.7 Å². The second kappa shape index (κ2) is 11.2. The van der Waals surface area contributed by atoms with E-state index in [2.05, 4.69) is 5.32 Å². The monoisotopic (exact) mass is 542 g/mol. The molecule has 3 fully saturated rings. The number of hydrogen-bond acceptors (Lipinski definition) is 5. The predicted octanol–water partition coefficient (Wildman–Crippen LogP) is 4.22. The van der Waals surface area contributed by atoms with Crippen LogP contribution in [0.15, 0.2) is 59.5 Å². The van der Waals surface area contributed by atoms with Crippen LogP contribution >= 0.6 is 23.4 Å². The first kappa shape index (κ1) is 26.4. The summed E-state index contributed by atoms with van der Waals surface area (Å²) in [7, 11) is 0. The molecule has 0 spiro atoms. The molecule has 0 aromatic heterocycles. The zero-order valence-corrected chi connectivity index (χ0v) is 22.8. The minimum atomic E-state index is -0.886. The first-order valence-electron chi connectivity index (χ1n) is 13.1. The second-order valence-corrected chi connectivity index (χ2v) is 12.1. The number of benzene rings is 2. The number of nitrogens with zero attached hydrogens (tertiary/aromatic N) is 3. The number of aliphatic hydroxyl groups is 1. The van der Waals surface area contributed by atoms with Crippen LogP contribution in [0.3, 0.4) is 0 Å². The fourth-order valence-electron chi connectivity index (χ4n) is 5.56. The molecule has 5 rings (SSSR count). The van der Waals surface area contributed by atoms with E-state index in [0.29, 0.717) is 50.2 Å². The van der Waals surface area contributed by atoms with Crippen LogP contribution in [0.4, 0.5) is 4.79 Å². The average Bonchev–Trinajstić information content (AvgIpc) is 3.69. The number of halogens is 1. The van der Waals surface area contributed by atoms with Crippen LogP contribution in [0.25, 0.3) is 0 Å². The van der Waals surface area contributed by atoms with Gasteiger partial charge in [0.1, 0.15) is 6.23 Å². The Kier molecular flexibility index (Phi) is 8.00. The van der Waals surface area contributed by atoms with Crippen molar-refractivity contribution in [3.05, 3.63) is 65.2 Å². The van der Waals surface area contributed by atoms with Crippen molar-refractivity contribution in [2.24, 2.45) is 5.92 Å². The Labute approximate surface area is 228 Å². The number of thioether (sulfide) groups is 1. The number of amides is 3.